The molecule has 0 amide bonds. The van der Waals surface area contributed by atoms with Gasteiger partial charge in [-0.15, -0.1) is 0 Å². The number of pyridine rings is 1. The van der Waals surface area contributed by atoms with Crippen LogP contribution >= 0.6 is 0 Å². The van der Waals surface area contributed by atoms with Gasteiger partial charge in [-0.05, 0) is 36.6 Å². The molecule has 0 aliphatic carbocycles. The first-order chi connectivity index (χ1) is 9.16. The van der Waals surface area contributed by atoms with E-state index >= 15 is 0 Å². The Balaban J connectivity index is 2.00. The first-order valence-electron chi connectivity index (χ1n) is 6.63. The molecule has 0 saturated carbocycles. The topological polar surface area (TPSA) is 42.1 Å². The minimum atomic E-state index is 0.0456. The number of likely N-dealkylation sites (N-methyl/N-ethyl adjacent to an activating group) is 1. The van der Waals surface area contributed by atoms with Crippen LogP contribution in [-0.2, 0) is 6.42 Å². The van der Waals surface area contributed by atoms with Crippen molar-refractivity contribution < 1.29 is 0 Å². The van der Waals surface area contributed by atoms with E-state index < -0.39 is 0 Å². The van der Waals surface area contributed by atoms with E-state index in [-0.39, 0.29) is 6.04 Å². The van der Waals surface area contributed by atoms with Gasteiger partial charge in [0.15, 0.2) is 0 Å². The lowest BCUT2D eigenvalue weighted by Crippen LogP contribution is -2.21. The summed E-state index contributed by atoms with van der Waals surface area (Å²) in [5, 5.41) is 0. The highest BCUT2D eigenvalue weighted by molar-refractivity contribution is 5.41. The maximum atomic E-state index is 5.90. The van der Waals surface area contributed by atoms with Gasteiger partial charge in [0.05, 0.1) is 0 Å². The minimum absolute atomic E-state index is 0.0456. The summed E-state index contributed by atoms with van der Waals surface area (Å²) >= 11 is 0. The largest absolute Gasteiger partial charge is 0.359 e. The molecule has 2 rings (SSSR count). The molecular formula is C16H21N3. The quantitative estimate of drug-likeness (QED) is 0.893. The lowest BCUT2D eigenvalue weighted by Gasteiger charge is -2.19. The number of anilines is 1. The maximum Gasteiger partial charge on any atom is 0.128 e. The van der Waals surface area contributed by atoms with E-state index in [9.17, 15) is 0 Å². The Morgan fingerprint density at radius 1 is 1.21 bits per heavy atom. The second kappa shape index (κ2) is 6.34. The molecule has 3 nitrogen and oxygen atoms in total. The van der Waals surface area contributed by atoms with Crippen molar-refractivity contribution in [3.8, 4) is 0 Å². The lowest BCUT2D eigenvalue weighted by molar-refractivity contribution is 0.806. The summed E-state index contributed by atoms with van der Waals surface area (Å²) < 4.78 is 0. The van der Waals surface area contributed by atoms with Gasteiger partial charge in [-0.3, -0.25) is 0 Å². The summed E-state index contributed by atoms with van der Waals surface area (Å²) in [4.78, 5) is 6.57. The molecular weight excluding hydrogens is 234 g/mol. The number of rotatable bonds is 5. The van der Waals surface area contributed by atoms with Crippen molar-refractivity contribution >= 4 is 5.82 Å². The Hall–Kier alpha value is -1.87. The highest BCUT2D eigenvalue weighted by Gasteiger charge is 2.06. The summed E-state index contributed by atoms with van der Waals surface area (Å²) in [5.41, 5.74) is 8.37. The summed E-state index contributed by atoms with van der Waals surface area (Å²) in [6.45, 7) is 2.93. The molecule has 19 heavy (non-hydrogen) atoms. The van der Waals surface area contributed by atoms with Crippen LogP contribution in [0, 0.1) is 0 Å². The van der Waals surface area contributed by atoms with Crippen molar-refractivity contribution in [3.05, 3.63) is 59.8 Å². The maximum absolute atomic E-state index is 5.90. The Morgan fingerprint density at radius 3 is 2.63 bits per heavy atom. The van der Waals surface area contributed by atoms with Crippen LogP contribution in [0.5, 0.6) is 0 Å². The average Bonchev–Trinajstić information content (AvgIpc) is 2.46. The number of nitrogens with zero attached hydrogens (tertiary/aromatic N) is 2. The number of hydrogen-bond acceptors (Lipinski definition) is 3. The summed E-state index contributed by atoms with van der Waals surface area (Å²) in [7, 11) is 2.07. The third-order valence-electron chi connectivity index (χ3n) is 3.27. The van der Waals surface area contributed by atoms with Gasteiger partial charge in [0, 0.05) is 25.8 Å². The molecule has 1 heterocycles. The molecule has 3 heteroatoms. The number of hydrogen-bond donors (Lipinski definition) is 1. The van der Waals surface area contributed by atoms with E-state index in [1.165, 1.54) is 5.56 Å². The highest BCUT2D eigenvalue weighted by Crippen LogP contribution is 2.16. The van der Waals surface area contributed by atoms with Crippen molar-refractivity contribution in [3.63, 3.8) is 0 Å². The number of nitrogens with two attached hydrogens (primary N) is 1. The molecule has 2 aromatic rings. The number of benzene rings is 1. The van der Waals surface area contributed by atoms with Crippen LogP contribution in [0.25, 0.3) is 0 Å². The van der Waals surface area contributed by atoms with Crippen LogP contribution in [0.3, 0.4) is 0 Å². The van der Waals surface area contributed by atoms with Gasteiger partial charge in [0.25, 0.3) is 0 Å². The first-order valence-corrected chi connectivity index (χ1v) is 6.63. The molecule has 0 aliphatic heterocycles. The Kier molecular flexibility index (Phi) is 4.53. The minimum Gasteiger partial charge on any atom is -0.359 e. The van der Waals surface area contributed by atoms with Gasteiger partial charge in [-0.1, -0.05) is 30.3 Å². The van der Waals surface area contributed by atoms with Gasteiger partial charge in [-0.25, -0.2) is 4.98 Å². The van der Waals surface area contributed by atoms with Crippen molar-refractivity contribution in [1.82, 2.24) is 4.98 Å². The number of aromatic nitrogens is 1. The molecule has 1 atom stereocenters. The Bertz CT molecular complexity index is 508. The monoisotopic (exact) mass is 255 g/mol. The average molecular weight is 255 g/mol. The second-order valence-corrected chi connectivity index (χ2v) is 4.89. The molecule has 0 saturated heterocycles. The fraction of sp³-hybridized carbons (Fsp3) is 0.312. The van der Waals surface area contributed by atoms with Gasteiger partial charge in [0.2, 0.25) is 0 Å². The zero-order chi connectivity index (χ0) is 13.7. The molecule has 100 valence electrons. The van der Waals surface area contributed by atoms with Crippen molar-refractivity contribution in [2.75, 3.05) is 18.5 Å². The standard InChI is InChI=1S/C16H21N3/c1-13(17)15-8-10-18-16(12-15)19(2)11-9-14-6-4-3-5-7-14/h3-8,10,12-13H,9,11,17H2,1-2H3/t13-/m0/s1. The molecule has 0 bridgehead atoms. The Morgan fingerprint density at radius 2 is 1.95 bits per heavy atom. The first kappa shape index (κ1) is 13.6. The van der Waals surface area contributed by atoms with Crippen molar-refractivity contribution in [2.24, 2.45) is 5.73 Å². The lowest BCUT2D eigenvalue weighted by atomic mass is 10.1. The fourth-order valence-electron chi connectivity index (χ4n) is 1.98. The summed E-state index contributed by atoms with van der Waals surface area (Å²) in [6.07, 6.45) is 2.84. The predicted molar refractivity (Wildman–Crippen MR) is 80.3 cm³/mol. The van der Waals surface area contributed by atoms with Gasteiger partial charge in [0.1, 0.15) is 5.82 Å². The van der Waals surface area contributed by atoms with Crippen LogP contribution in [0.4, 0.5) is 5.82 Å². The van der Waals surface area contributed by atoms with Crippen molar-refractivity contribution in [2.45, 2.75) is 19.4 Å². The Labute approximate surface area is 115 Å². The third-order valence-corrected chi connectivity index (χ3v) is 3.27. The van der Waals surface area contributed by atoms with Crippen LogP contribution in [0.2, 0.25) is 0 Å². The normalized spacial score (nSPS) is 12.2. The van der Waals surface area contributed by atoms with Crippen molar-refractivity contribution in [1.29, 1.82) is 0 Å². The van der Waals surface area contributed by atoms with Gasteiger partial charge in [-0.2, -0.15) is 0 Å². The summed E-state index contributed by atoms with van der Waals surface area (Å²) in [5.74, 6) is 0.978. The van der Waals surface area contributed by atoms with Crippen LogP contribution in [0.1, 0.15) is 24.1 Å². The molecule has 0 aliphatic rings. The predicted octanol–water partition coefficient (Wildman–Crippen LogP) is 2.78. The molecule has 0 spiro atoms. The zero-order valence-electron chi connectivity index (χ0n) is 11.6. The van der Waals surface area contributed by atoms with E-state index in [0.29, 0.717) is 0 Å². The van der Waals surface area contributed by atoms with Crippen LogP contribution in [-0.4, -0.2) is 18.6 Å². The summed E-state index contributed by atoms with van der Waals surface area (Å²) in [6, 6.07) is 14.6. The smallest absolute Gasteiger partial charge is 0.128 e. The van der Waals surface area contributed by atoms with E-state index in [1.807, 2.05) is 25.3 Å². The fourth-order valence-corrected chi connectivity index (χ4v) is 1.98. The van der Waals surface area contributed by atoms with E-state index in [0.717, 1.165) is 24.3 Å². The molecule has 2 N–H and O–H groups in total. The zero-order valence-corrected chi connectivity index (χ0v) is 11.6. The molecule has 0 unspecified atom stereocenters. The third kappa shape index (κ3) is 3.80. The SMILES string of the molecule is C[C@H](N)c1ccnc(N(C)CCc2ccccc2)c1. The second-order valence-electron chi connectivity index (χ2n) is 4.89. The van der Waals surface area contributed by atoms with Crippen LogP contribution in [0.15, 0.2) is 48.7 Å². The van der Waals surface area contributed by atoms with E-state index in [1.54, 1.807) is 0 Å². The molecule has 0 radical (unpaired) electrons. The van der Waals surface area contributed by atoms with E-state index in [4.69, 9.17) is 5.73 Å². The molecule has 1 aromatic heterocycles. The highest BCUT2D eigenvalue weighted by atomic mass is 15.2. The van der Waals surface area contributed by atoms with Crippen LogP contribution < -0.4 is 10.6 Å². The van der Waals surface area contributed by atoms with Gasteiger partial charge < -0.3 is 10.6 Å². The molecule has 1 aromatic carbocycles. The van der Waals surface area contributed by atoms with E-state index in [2.05, 4.69) is 47.3 Å². The molecule has 0 fully saturated rings. The van der Waals surface area contributed by atoms with Gasteiger partial charge >= 0.3 is 0 Å².